The summed E-state index contributed by atoms with van der Waals surface area (Å²) in [7, 11) is 1.59. The van der Waals surface area contributed by atoms with Crippen LogP contribution < -0.4 is 10.1 Å². The molecule has 0 atom stereocenters. The fraction of sp³-hybridized carbons (Fsp3) is 0.231. The van der Waals surface area contributed by atoms with E-state index in [9.17, 15) is 4.79 Å². The summed E-state index contributed by atoms with van der Waals surface area (Å²) in [5.74, 6) is 1.44. The van der Waals surface area contributed by atoms with Crippen LogP contribution in [-0.4, -0.2) is 22.6 Å². The van der Waals surface area contributed by atoms with Crippen LogP contribution in [0, 0.1) is 6.92 Å². The standard InChI is InChI=1S/C13H15N3O2/c1-10-14-6-7-16(10)9-13(17)15-11-4-3-5-12(8-11)18-2/h3-8H,9H2,1-2H3,(H,15,17). The van der Waals surface area contributed by atoms with Crippen molar-refractivity contribution in [2.75, 3.05) is 12.4 Å². The Morgan fingerprint density at radius 2 is 2.33 bits per heavy atom. The Bertz CT molecular complexity index is 549. The van der Waals surface area contributed by atoms with E-state index in [0.29, 0.717) is 5.75 Å². The minimum absolute atomic E-state index is 0.0932. The van der Waals surface area contributed by atoms with Gasteiger partial charge in [-0.05, 0) is 19.1 Å². The summed E-state index contributed by atoms with van der Waals surface area (Å²) in [5, 5.41) is 2.81. The number of aryl methyl sites for hydroxylation is 1. The number of nitrogens with zero attached hydrogens (tertiary/aromatic N) is 2. The lowest BCUT2D eigenvalue weighted by Crippen LogP contribution is -2.19. The lowest BCUT2D eigenvalue weighted by Gasteiger charge is -2.08. The van der Waals surface area contributed by atoms with Crippen LogP contribution in [0.1, 0.15) is 5.82 Å². The number of hydrogen-bond acceptors (Lipinski definition) is 3. The summed E-state index contributed by atoms with van der Waals surface area (Å²) in [6, 6.07) is 7.26. The van der Waals surface area contributed by atoms with Gasteiger partial charge in [0.05, 0.1) is 7.11 Å². The Morgan fingerprint density at radius 1 is 1.50 bits per heavy atom. The van der Waals surface area contributed by atoms with Crippen molar-refractivity contribution in [3.63, 3.8) is 0 Å². The fourth-order valence-corrected chi connectivity index (χ4v) is 1.63. The molecule has 2 rings (SSSR count). The molecule has 94 valence electrons. The highest BCUT2D eigenvalue weighted by atomic mass is 16.5. The molecule has 0 saturated heterocycles. The molecule has 1 amide bonds. The van der Waals surface area contributed by atoms with Gasteiger partial charge in [-0.25, -0.2) is 4.98 Å². The Balaban J connectivity index is 2.01. The second-order valence-electron chi connectivity index (χ2n) is 3.88. The molecule has 0 saturated carbocycles. The van der Waals surface area contributed by atoms with Gasteiger partial charge in [-0.15, -0.1) is 0 Å². The lowest BCUT2D eigenvalue weighted by molar-refractivity contribution is -0.116. The maximum atomic E-state index is 11.8. The molecule has 0 fully saturated rings. The van der Waals surface area contributed by atoms with Crippen molar-refractivity contribution in [3.05, 3.63) is 42.5 Å². The molecule has 0 unspecified atom stereocenters. The Labute approximate surface area is 105 Å². The van der Waals surface area contributed by atoms with Gasteiger partial charge in [0.25, 0.3) is 0 Å². The Hall–Kier alpha value is -2.30. The Kier molecular flexibility index (Phi) is 3.62. The molecule has 5 heteroatoms. The molecular weight excluding hydrogens is 230 g/mol. The molecule has 0 aliphatic rings. The monoisotopic (exact) mass is 245 g/mol. The van der Waals surface area contributed by atoms with E-state index < -0.39 is 0 Å². The SMILES string of the molecule is COc1cccc(NC(=O)Cn2ccnc2C)c1. The number of rotatable bonds is 4. The number of methoxy groups -OCH3 is 1. The number of ether oxygens (including phenoxy) is 1. The number of imidazole rings is 1. The molecule has 1 aromatic carbocycles. The van der Waals surface area contributed by atoms with E-state index in [1.807, 2.05) is 25.1 Å². The van der Waals surface area contributed by atoms with Gasteiger partial charge in [0.15, 0.2) is 0 Å². The highest BCUT2D eigenvalue weighted by Gasteiger charge is 2.05. The zero-order chi connectivity index (χ0) is 13.0. The van der Waals surface area contributed by atoms with E-state index >= 15 is 0 Å². The molecule has 0 radical (unpaired) electrons. The van der Waals surface area contributed by atoms with Crippen LogP contribution in [0.25, 0.3) is 0 Å². The van der Waals surface area contributed by atoms with E-state index in [1.165, 1.54) is 0 Å². The van der Waals surface area contributed by atoms with E-state index in [-0.39, 0.29) is 12.5 Å². The van der Waals surface area contributed by atoms with E-state index in [4.69, 9.17) is 4.74 Å². The van der Waals surface area contributed by atoms with Gasteiger partial charge in [0.2, 0.25) is 5.91 Å². The van der Waals surface area contributed by atoms with Gasteiger partial charge >= 0.3 is 0 Å². The third-order valence-electron chi connectivity index (χ3n) is 2.59. The second kappa shape index (κ2) is 5.35. The number of benzene rings is 1. The highest BCUT2D eigenvalue weighted by molar-refractivity contribution is 5.90. The van der Waals surface area contributed by atoms with Gasteiger partial charge in [-0.1, -0.05) is 6.07 Å². The highest BCUT2D eigenvalue weighted by Crippen LogP contribution is 2.16. The van der Waals surface area contributed by atoms with Gasteiger partial charge < -0.3 is 14.6 Å². The van der Waals surface area contributed by atoms with Crippen LogP contribution in [0.3, 0.4) is 0 Å². The van der Waals surface area contributed by atoms with Crippen molar-refractivity contribution in [1.29, 1.82) is 0 Å². The number of carbonyl (C=O) groups is 1. The van der Waals surface area contributed by atoms with Crippen LogP contribution in [0.5, 0.6) is 5.75 Å². The first kappa shape index (κ1) is 12.2. The van der Waals surface area contributed by atoms with Gasteiger partial charge in [0, 0.05) is 24.1 Å². The molecule has 18 heavy (non-hydrogen) atoms. The third kappa shape index (κ3) is 2.88. The molecule has 0 aliphatic heterocycles. The van der Waals surface area contributed by atoms with Gasteiger partial charge in [0.1, 0.15) is 18.1 Å². The zero-order valence-corrected chi connectivity index (χ0v) is 10.4. The fourth-order valence-electron chi connectivity index (χ4n) is 1.63. The van der Waals surface area contributed by atoms with Crippen molar-refractivity contribution in [2.45, 2.75) is 13.5 Å². The molecule has 1 N–H and O–H groups in total. The van der Waals surface area contributed by atoms with Crippen molar-refractivity contribution in [1.82, 2.24) is 9.55 Å². The van der Waals surface area contributed by atoms with Crippen molar-refractivity contribution >= 4 is 11.6 Å². The van der Waals surface area contributed by atoms with Crippen LogP contribution in [0.15, 0.2) is 36.7 Å². The third-order valence-corrected chi connectivity index (χ3v) is 2.59. The largest absolute Gasteiger partial charge is 0.497 e. The smallest absolute Gasteiger partial charge is 0.244 e. The molecule has 2 aromatic rings. The van der Waals surface area contributed by atoms with E-state index in [0.717, 1.165) is 11.5 Å². The first-order chi connectivity index (χ1) is 8.69. The Morgan fingerprint density at radius 3 is 3.00 bits per heavy atom. The lowest BCUT2D eigenvalue weighted by atomic mass is 10.3. The predicted molar refractivity (Wildman–Crippen MR) is 68.6 cm³/mol. The minimum atomic E-state index is -0.0932. The minimum Gasteiger partial charge on any atom is -0.497 e. The second-order valence-corrected chi connectivity index (χ2v) is 3.88. The van der Waals surface area contributed by atoms with Crippen LogP contribution in [0.4, 0.5) is 5.69 Å². The van der Waals surface area contributed by atoms with Crippen LogP contribution in [-0.2, 0) is 11.3 Å². The predicted octanol–water partition coefficient (Wildman–Crippen LogP) is 1.84. The van der Waals surface area contributed by atoms with Crippen molar-refractivity contribution < 1.29 is 9.53 Å². The molecule has 0 spiro atoms. The average molecular weight is 245 g/mol. The van der Waals surface area contributed by atoms with Crippen LogP contribution >= 0.6 is 0 Å². The summed E-state index contributed by atoms with van der Waals surface area (Å²) in [5.41, 5.74) is 0.720. The number of anilines is 1. The number of carbonyl (C=O) groups excluding carboxylic acids is 1. The maximum Gasteiger partial charge on any atom is 0.244 e. The maximum absolute atomic E-state index is 11.8. The molecule has 1 heterocycles. The van der Waals surface area contributed by atoms with E-state index in [2.05, 4.69) is 10.3 Å². The zero-order valence-electron chi connectivity index (χ0n) is 10.4. The van der Waals surface area contributed by atoms with Gasteiger partial charge in [-0.2, -0.15) is 0 Å². The number of nitrogens with one attached hydrogen (secondary N) is 1. The van der Waals surface area contributed by atoms with Crippen molar-refractivity contribution in [2.24, 2.45) is 0 Å². The molecule has 0 bridgehead atoms. The average Bonchev–Trinajstić information content (AvgIpc) is 2.75. The summed E-state index contributed by atoms with van der Waals surface area (Å²) in [4.78, 5) is 15.9. The first-order valence-corrected chi connectivity index (χ1v) is 5.60. The molecular formula is C13H15N3O2. The summed E-state index contributed by atoms with van der Waals surface area (Å²) < 4.78 is 6.88. The van der Waals surface area contributed by atoms with E-state index in [1.54, 1.807) is 30.1 Å². The number of aromatic nitrogens is 2. The number of hydrogen-bond donors (Lipinski definition) is 1. The molecule has 1 aromatic heterocycles. The van der Waals surface area contributed by atoms with Gasteiger partial charge in [-0.3, -0.25) is 4.79 Å². The normalized spacial score (nSPS) is 10.1. The quantitative estimate of drug-likeness (QED) is 0.894. The number of amides is 1. The van der Waals surface area contributed by atoms with Crippen LogP contribution in [0.2, 0.25) is 0 Å². The summed E-state index contributed by atoms with van der Waals surface area (Å²) in [6.45, 7) is 2.11. The van der Waals surface area contributed by atoms with Crippen molar-refractivity contribution in [3.8, 4) is 5.75 Å². The topological polar surface area (TPSA) is 56.1 Å². The first-order valence-electron chi connectivity index (χ1n) is 5.60. The molecule has 5 nitrogen and oxygen atoms in total. The summed E-state index contributed by atoms with van der Waals surface area (Å²) in [6.07, 6.45) is 3.45. The molecule has 0 aliphatic carbocycles. The summed E-state index contributed by atoms with van der Waals surface area (Å²) >= 11 is 0.